The van der Waals surface area contributed by atoms with Gasteiger partial charge in [0.25, 0.3) is 5.91 Å². The zero-order valence-electron chi connectivity index (χ0n) is 15.6. The Labute approximate surface area is 168 Å². The number of carbonyl (C=O) groups is 1. The molecule has 0 saturated heterocycles. The molecular formula is C20H15F2N3O5. The summed E-state index contributed by atoms with van der Waals surface area (Å²) in [5.41, 5.74) is -0.312. The molecule has 1 N–H and O–H groups in total. The zero-order valence-corrected chi connectivity index (χ0v) is 15.6. The van der Waals surface area contributed by atoms with E-state index >= 15 is 0 Å². The van der Waals surface area contributed by atoms with Crippen molar-refractivity contribution in [3.05, 3.63) is 75.6 Å². The predicted octanol–water partition coefficient (Wildman–Crippen LogP) is 2.18. The van der Waals surface area contributed by atoms with Crippen molar-refractivity contribution in [3.63, 3.8) is 0 Å². The number of nitrogens with one attached hydrogen (secondary N) is 1. The standard InChI is InChI=1S/C20H15F2N3O5/c1-28-18-8-15(26)19(24-25(18)12-3-4-13(21)14(22)7-12)20(27)23-9-11-2-5-16-17(6-11)30-10-29-16/h2-8H,9-10H2,1H3,(H,23,27). The molecule has 0 atom stereocenters. The van der Waals surface area contributed by atoms with E-state index < -0.39 is 28.7 Å². The molecule has 0 radical (unpaired) electrons. The first kappa shape index (κ1) is 19.4. The zero-order chi connectivity index (χ0) is 21.3. The SMILES string of the molecule is COc1cc(=O)c(C(=O)NCc2ccc3c(c2)OCO3)nn1-c1ccc(F)c(F)c1. The van der Waals surface area contributed by atoms with Gasteiger partial charge in [-0.3, -0.25) is 9.59 Å². The Balaban J connectivity index is 1.60. The number of hydrogen-bond acceptors (Lipinski definition) is 6. The number of methoxy groups -OCH3 is 1. The van der Waals surface area contributed by atoms with Crippen molar-refractivity contribution in [2.75, 3.05) is 13.9 Å². The highest BCUT2D eigenvalue weighted by atomic mass is 19.2. The molecule has 4 rings (SSSR count). The highest BCUT2D eigenvalue weighted by molar-refractivity contribution is 5.92. The molecule has 30 heavy (non-hydrogen) atoms. The second-order valence-electron chi connectivity index (χ2n) is 6.28. The lowest BCUT2D eigenvalue weighted by molar-refractivity contribution is 0.0942. The van der Waals surface area contributed by atoms with Crippen molar-refractivity contribution in [2.45, 2.75) is 6.54 Å². The second kappa shape index (κ2) is 7.82. The van der Waals surface area contributed by atoms with E-state index in [1.807, 2.05) is 0 Å². The number of ether oxygens (including phenoxy) is 3. The summed E-state index contributed by atoms with van der Waals surface area (Å²) >= 11 is 0. The summed E-state index contributed by atoms with van der Waals surface area (Å²) < 4.78 is 43.5. The molecule has 1 aliphatic heterocycles. The molecule has 8 nitrogen and oxygen atoms in total. The summed E-state index contributed by atoms with van der Waals surface area (Å²) in [6.07, 6.45) is 0. The third-order valence-corrected chi connectivity index (χ3v) is 4.36. The van der Waals surface area contributed by atoms with Crippen LogP contribution in [0.25, 0.3) is 5.69 Å². The van der Waals surface area contributed by atoms with Crippen LogP contribution in [-0.2, 0) is 6.54 Å². The molecule has 1 aromatic heterocycles. The molecule has 0 saturated carbocycles. The van der Waals surface area contributed by atoms with Crippen molar-refractivity contribution in [1.29, 1.82) is 0 Å². The third-order valence-electron chi connectivity index (χ3n) is 4.36. The van der Waals surface area contributed by atoms with E-state index in [0.29, 0.717) is 11.5 Å². The molecule has 10 heteroatoms. The van der Waals surface area contributed by atoms with Crippen LogP contribution in [-0.4, -0.2) is 29.6 Å². The summed E-state index contributed by atoms with van der Waals surface area (Å²) in [5, 5.41) is 6.59. The second-order valence-corrected chi connectivity index (χ2v) is 6.28. The van der Waals surface area contributed by atoms with Gasteiger partial charge in [-0.25, -0.2) is 13.5 Å². The average molecular weight is 415 g/mol. The fraction of sp³-hybridized carbons (Fsp3) is 0.150. The Bertz CT molecular complexity index is 1200. The van der Waals surface area contributed by atoms with E-state index in [1.165, 1.54) is 13.2 Å². The summed E-state index contributed by atoms with van der Waals surface area (Å²) in [6, 6.07) is 9.24. The van der Waals surface area contributed by atoms with Gasteiger partial charge >= 0.3 is 0 Å². The minimum atomic E-state index is -1.11. The van der Waals surface area contributed by atoms with Crippen LogP contribution in [0.2, 0.25) is 0 Å². The first-order chi connectivity index (χ1) is 14.5. The summed E-state index contributed by atoms with van der Waals surface area (Å²) in [6.45, 7) is 0.234. The Kier molecular flexibility index (Phi) is 5.05. The van der Waals surface area contributed by atoms with Crippen LogP contribution in [0.5, 0.6) is 17.4 Å². The first-order valence-corrected chi connectivity index (χ1v) is 8.77. The number of carbonyl (C=O) groups excluding carboxylic acids is 1. The first-order valence-electron chi connectivity index (χ1n) is 8.77. The van der Waals surface area contributed by atoms with Gasteiger partial charge in [-0.05, 0) is 29.8 Å². The van der Waals surface area contributed by atoms with Crippen molar-refractivity contribution in [1.82, 2.24) is 15.1 Å². The lowest BCUT2D eigenvalue weighted by Gasteiger charge is -2.13. The van der Waals surface area contributed by atoms with E-state index in [2.05, 4.69) is 10.4 Å². The van der Waals surface area contributed by atoms with Gasteiger partial charge in [0.15, 0.2) is 28.8 Å². The number of nitrogens with zero attached hydrogens (tertiary/aromatic N) is 2. The lowest BCUT2D eigenvalue weighted by Crippen LogP contribution is -2.31. The van der Waals surface area contributed by atoms with E-state index in [9.17, 15) is 18.4 Å². The average Bonchev–Trinajstić information content (AvgIpc) is 3.21. The van der Waals surface area contributed by atoms with E-state index in [4.69, 9.17) is 14.2 Å². The van der Waals surface area contributed by atoms with Crippen LogP contribution in [0.3, 0.4) is 0 Å². The number of benzene rings is 2. The summed E-state index contributed by atoms with van der Waals surface area (Å²) in [7, 11) is 1.28. The van der Waals surface area contributed by atoms with Crippen molar-refractivity contribution < 1.29 is 27.8 Å². The van der Waals surface area contributed by atoms with Crippen LogP contribution in [0.4, 0.5) is 8.78 Å². The molecule has 1 amide bonds. The molecule has 0 fully saturated rings. The van der Waals surface area contributed by atoms with Crippen molar-refractivity contribution in [3.8, 4) is 23.1 Å². The molecule has 0 spiro atoms. The molecule has 0 bridgehead atoms. The van der Waals surface area contributed by atoms with Gasteiger partial charge in [-0.1, -0.05) is 6.07 Å². The van der Waals surface area contributed by atoms with Gasteiger partial charge in [-0.2, -0.15) is 5.10 Å². The lowest BCUT2D eigenvalue weighted by atomic mass is 10.2. The maximum absolute atomic E-state index is 13.6. The van der Waals surface area contributed by atoms with Gasteiger partial charge in [0.1, 0.15) is 0 Å². The Morgan fingerprint density at radius 1 is 1.13 bits per heavy atom. The normalized spacial score (nSPS) is 12.0. The van der Waals surface area contributed by atoms with Gasteiger partial charge in [0, 0.05) is 12.6 Å². The van der Waals surface area contributed by atoms with Gasteiger partial charge in [0.2, 0.25) is 18.1 Å². The quantitative estimate of drug-likeness (QED) is 0.687. The number of hydrogen-bond donors (Lipinski definition) is 1. The molecular weight excluding hydrogens is 400 g/mol. The fourth-order valence-electron chi connectivity index (χ4n) is 2.86. The minimum absolute atomic E-state index is 0.0432. The van der Waals surface area contributed by atoms with Crippen molar-refractivity contribution in [2.24, 2.45) is 0 Å². The van der Waals surface area contributed by atoms with Gasteiger partial charge in [-0.15, -0.1) is 0 Å². The molecule has 2 heterocycles. The minimum Gasteiger partial charge on any atom is -0.481 e. The fourth-order valence-corrected chi connectivity index (χ4v) is 2.86. The molecule has 0 unspecified atom stereocenters. The predicted molar refractivity (Wildman–Crippen MR) is 100 cm³/mol. The monoisotopic (exact) mass is 415 g/mol. The number of halogens is 2. The molecule has 3 aromatic rings. The van der Waals surface area contributed by atoms with Crippen LogP contribution >= 0.6 is 0 Å². The van der Waals surface area contributed by atoms with Crippen LogP contribution < -0.4 is 25.0 Å². The number of aromatic nitrogens is 2. The Hall–Kier alpha value is -3.95. The number of rotatable bonds is 5. The number of fused-ring (bicyclic) bond motifs is 1. The van der Waals surface area contributed by atoms with E-state index in [1.54, 1.807) is 18.2 Å². The maximum atomic E-state index is 13.6. The largest absolute Gasteiger partial charge is 0.481 e. The van der Waals surface area contributed by atoms with Crippen LogP contribution in [0.1, 0.15) is 16.1 Å². The third kappa shape index (κ3) is 3.66. The Morgan fingerprint density at radius 3 is 2.70 bits per heavy atom. The highest BCUT2D eigenvalue weighted by Gasteiger charge is 2.19. The topological polar surface area (TPSA) is 91.7 Å². The van der Waals surface area contributed by atoms with Gasteiger partial charge < -0.3 is 19.5 Å². The smallest absolute Gasteiger partial charge is 0.276 e. The van der Waals surface area contributed by atoms with E-state index in [-0.39, 0.29) is 24.9 Å². The molecule has 154 valence electrons. The van der Waals surface area contributed by atoms with Gasteiger partial charge in [0.05, 0.1) is 18.9 Å². The van der Waals surface area contributed by atoms with Crippen molar-refractivity contribution >= 4 is 5.91 Å². The van der Waals surface area contributed by atoms with Crippen LogP contribution in [0.15, 0.2) is 47.3 Å². The maximum Gasteiger partial charge on any atom is 0.276 e. The molecule has 1 aliphatic rings. The molecule has 2 aromatic carbocycles. The van der Waals surface area contributed by atoms with E-state index in [0.717, 1.165) is 28.4 Å². The summed E-state index contributed by atoms with van der Waals surface area (Å²) in [4.78, 5) is 24.9. The number of amides is 1. The molecule has 0 aliphatic carbocycles. The highest BCUT2D eigenvalue weighted by Crippen LogP contribution is 2.32. The summed E-state index contributed by atoms with van der Waals surface area (Å²) in [5.74, 6) is -1.76. The van der Waals surface area contributed by atoms with Crippen LogP contribution in [0, 0.1) is 11.6 Å². The Morgan fingerprint density at radius 2 is 1.93 bits per heavy atom.